The van der Waals surface area contributed by atoms with Crippen LogP contribution in [0.15, 0.2) is 65.3 Å². The maximum absolute atomic E-state index is 14.6. The van der Waals surface area contributed by atoms with Gasteiger partial charge in [0.2, 0.25) is 5.91 Å². The monoisotopic (exact) mass is 1060 g/mol. The number of rotatable bonds is 15. The molecule has 9 atom stereocenters. The number of Topliss-reactive ketones (excluding diaryl/α,β-unsaturated/α-hetero) is 1. The summed E-state index contributed by atoms with van der Waals surface area (Å²) in [4.78, 5) is 55.9. The molecular weight excluding hydrogens is 990 g/mol. The lowest BCUT2D eigenvalue weighted by molar-refractivity contribution is -0.160. The predicted molar refractivity (Wildman–Crippen MR) is 281 cm³/mol. The van der Waals surface area contributed by atoms with Crippen molar-refractivity contribution in [1.82, 2.24) is 5.32 Å². The fourth-order valence-electron chi connectivity index (χ4n) is 9.17. The van der Waals surface area contributed by atoms with Crippen LogP contribution in [0.3, 0.4) is 0 Å². The fourth-order valence-corrected chi connectivity index (χ4v) is 10.5. The van der Waals surface area contributed by atoms with Crippen LogP contribution in [0.4, 0.5) is 11.4 Å². The van der Waals surface area contributed by atoms with E-state index in [0.717, 1.165) is 23.0 Å². The number of benzene rings is 3. The van der Waals surface area contributed by atoms with Crippen molar-refractivity contribution in [2.24, 2.45) is 23.7 Å². The number of hydrogen-bond acceptors (Lipinski definition) is 15. The van der Waals surface area contributed by atoms with Gasteiger partial charge in [-0.05, 0) is 50.5 Å². The molecule has 0 aromatic heterocycles. The van der Waals surface area contributed by atoms with E-state index < -0.39 is 88.8 Å². The summed E-state index contributed by atoms with van der Waals surface area (Å²) in [6.45, 7) is 13.9. The molecule has 3 aromatic rings. The number of aryl methyl sites for hydroxylation is 1. The van der Waals surface area contributed by atoms with Crippen molar-refractivity contribution in [2.45, 2.75) is 110 Å². The van der Waals surface area contributed by atoms with Crippen LogP contribution in [-0.4, -0.2) is 124 Å². The number of allylic oxidation sites excluding steroid dienone is 2. The normalized spacial score (nSPS) is 26.1. The number of anilines is 2. The van der Waals surface area contributed by atoms with Gasteiger partial charge in [0, 0.05) is 110 Å². The lowest BCUT2D eigenvalue weighted by Crippen LogP contribution is -2.46. The molecule has 0 unspecified atom stereocenters. The number of halogens is 2. The third-order valence-corrected chi connectivity index (χ3v) is 14.9. The first-order valence-electron chi connectivity index (χ1n) is 24.0. The number of aliphatic hydroxyl groups is 2. The minimum absolute atomic E-state index is 0.0304. The summed E-state index contributed by atoms with van der Waals surface area (Å²) in [5.74, 6) is -7.74. The van der Waals surface area contributed by atoms with E-state index in [-0.39, 0.29) is 68.4 Å². The highest BCUT2D eigenvalue weighted by Crippen LogP contribution is 2.57. The van der Waals surface area contributed by atoms with Crippen molar-refractivity contribution < 1.29 is 63.7 Å². The van der Waals surface area contributed by atoms with Crippen molar-refractivity contribution in [1.29, 1.82) is 0 Å². The van der Waals surface area contributed by atoms with E-state index >= 15 is 0 Å². The number of esters is 1. The molecule has 0 radical (unpaired) electrons. The highest BCUT2D eigenvalue weighted by atomic mass is 35.5. The van der Waals surface area contributed by atoms with Gasteiger partial charge in [0.05, 0.1) is 40.4 Å². The number of phenolic OH excluding ortho intramolecular Hbond substituents is 3. The summed E-state index contributed by atoms with van der Waals surface area (Å²) in [5, 5.41) is 63.9. The van der Waals surface area contributed by atoms with Crippen LogP contribution in [-0.2, 0) is 35.0 Å². The topological polar surface area (TPSA) is 234 Å². The van der Waals surface area contributed by atoms with Crippen molar-refractivity contribution in [3.05, 3.63) is 77.1 Å². The number of methoxy groups -OCH3 is 1. The third kappa shape index (κ3) is 13.1. The zero-order valence-corrected chi connectivity index (χ0v) is 44.6. The van der Waals surface area contributed by atoms with Gasteiger partial charge in [0.25, 0.3) is 11.7 Å². The number of aromatic hydroxyl groups is 3. The number of carbonyl (C=O) groups excluding carboxylic acids is 4. The molecule has 0 saturated carbocycles. The summed E-state index contributed by atoms with van der Waals surface area (Å²) in [5.41, 5.74) is 1.79. The number of hydrogen-bond donors (Lipinski definition) is 7. The van der Waals surface area contributed by atoms with Gasteiger partial charge in [-0.15, -0.1) is 35.0 Å². The minimum Gasteiger partial charge on any atom is -0.507 e. The second-order valence-electron chi connectivity index (χ2n) is 18.6. The number of aliphatic hydroxyl groups excluding tert-OH is 2. The molecule has 0 saturated heterocycles. The van der Waals surface area contributed by atoms with Gasteiger partial charge >= 0.3 is 11.8 Å². The molecule has 3 aliphatic heterocycles. The summed E-state index contributed by atoms with van der Waals surface area (Å²) >= 11 is 12.9. The quantitative estimate of drug-likeness (QED) is 0.0190. The molecule has 3 aliphatic rings. The smallest absolute Gasteiger partial charge is 0.312 e. The maximum Gasteiger partial charge on any atom is 0.312 e. The van der Waals surface area contributed by atoms with Crippen LogP contribution in [0.2, 0.25) is 0 Å². The Labute approximate surface area is 435 Å². The number of ketones is 1. The molecule has 0 aliphatic carbocycles. The summed E-state index contributed by atoms with van der Waals surface area (Å²) in [7, 11) is 1.43. The minimum atomic E-state index is -2.08. The Bertz CT molecular complexity index is 2530. The Hall–Kier alpha value is -5.17. The summed E-state index contributed by atoms with van der Waals surface area (Å²) in [6, 6.07) is 8.05. The van der Waals surface area contributed by atoms with Crippen molar-refractivity contribution in [2.75, 3.05) is 54.5 Å². The molecule has 19 heteroatoms. The van der Waals surface area contributed by atoms with Gasteiger partial charge in [-0.2, -0.15) is 0 Å². The molecule has 0 spiro atoms. The Morgan fingerprint density at radius 1 is 0.917 bits per heavy atom. The number of ether oxygens (including phenoxy) is 4. The first-order valence-corrected chi connectivity index (χ1v) is 26.1. The zero-order valence-electron chi connectivity index (χ0n) is 42.3. The van der Waals surface area contributed by atoms with Crippen LogP contribution in [0.25, 0.3) is 10.8 Å². The standard InChI is InChI=1S/C53H69Cl2N3O13S/c1-28-12-10-13-29(2)52(67)57-42-46(64)40-39(47(65)50(42)72-27-23-56-38(60)15-11-14-35-16-18-36(19-17-35)58(24-21-54)25-22-55)41-49(33(6)45(40)63)71-53(8,51(41)66)69-26-20-37(68-9)30(3)48(70-34(7)59)32(5)44(62)31(4)43(28)61/h10,12-13,16-20,26,28,30-32,37,43-44,48,61-65H,11,14-15,21-25,27H2,1-9H3,(H,56,60)(H,57,67)/b12-10-,26-20?,29-13-/t28-,30+,31+,32+,37-,43-,44+,48+,53-/m0/s1. The molecule has 3 heterocycles. The molecule has 16 nitrogen and oxygen atoms in total. The Kier molecular flexibility index (Phi) is 20.6. The van der Waals surface area contributed by atoms with Gasteiger partial charge in [-0.3, -0.25) is 19.2 Å². The zero-order chi connectivity index (χ0) is 53.2. The highest BCUT2D eigenvalue weighted by Gasteiger charge is 2.50. The number of fused-ring (bicyclic) bond motifs is 14. The van der Waals surface area contributed by atoms with Crippen LogP contribution < -0.4 is 20.3 Å². The molecule has 7 N–H and O–H groups in total. The van der Waals surface area contributed by atoms with Crippen LogP contribution in [0.5, 0.6) is 23.0 Å². The van der Waals surface area contributed by atoms with Crippen LogP contribution in [0, 0.1) is 30.6 Å². The molecule has 2 amide bonds. The van der Waals surface area contributed by atoms with Gasteiger partial charge in [-0.1, -0.05) is 58.1 Å². The van der Waals surface area contributed by atoms with E-state index in [4.69, 9.17) is 42.1 Å². The van der Waals surface area contributed by atoms with Gasteiger partial charge in [0.15, 0.2) is 5.75 Å². The second-order valence-corrected chi connectivity index (χ2v) is 20.5. The van der Waals surface area contributed by atoms with Crippen LogP contribution >= 0.6 is 35.0 Å². The molecule has 72 heavy (non-hydrogen) atoms. The van der Waals surface area contributed by atoms with Crippen LogP contribution in [0.1, 0.15) is 82.8 Å². The summed E-state index contributed by atoms with van der Waals surface area (Å²) < 4.78 is 23.7. The van der Waals surface area contributed by atoms with E-state index in [2.05, 4.69) is 15.5 Å². The van der Waals surface area contributed by atoms with E-state index in [0.29, 0.717) is 37.7 Å². The molecule has 394 valence electrons. The average Bonchev–Trinajstić information content (AvgIpc) is 3.61. The van der Waals surface area contributed by atoms with Gasteiger partial charge in [-0.25, -0.2) is 0 Å². The van der Waals surface area contributed by atoms with E-state index in [9.17, 15) is 44.7 Å². The number of alkyl halides is 2. The van der Waals surface area contributed by atoms with Crippen molar-refractivity contribution >= 4 is 80.7 Å². The lowest BCUT2D eigenvalue weighted by atomic mass is 9.78. The first-order chi connectivity index (χ1) is 34.1. The number of phenols is 3. The molecule has 3 aromatic carbocycles. The molecule has 6 rings (SSSR count). The number of thioether (sulfide) groups is 1. The molecule has 5 bridgehead atoms. The molecular formula is C53H69Cl2N3O13S. The number of carbonyl (C=O) groups is 4. The van der Waals surface area contributed by atoms with Crippen molar-refractivity contribution in [3.63, 3.8) is 0 Å². The predicted octanol–water partition coefficient (Wildman–Crippen LogP) is 8.27. The number of nitrogens with zero attached hydrogens (tertiary/aromatic N) is 1. The van der Waals surface area contributed by atoms with Gasteiger partial charge in [0.1, 0.15) is 29.0 Å². The van der Waals surface area contributed by atoms with Gasteiger partial charge < -0.3 is 60.0 Å². The molecule has 0 fully saturated rings. The van der Waals surface area contributed by atoms with E-state index in [1.54, 1.807) is 39.8 Å². The first kappa shape index (κ1) is 57.7. The largest absolute Gasteiger partial charge is 0.507 e. The Morgan fingerprint density at radius 3 is 2.21 bits per heavy atom. The average molecular weight is 1060 g/mol. The Morgan fingerprint density at radius 2 is 1.58 bits per heavy atom. The van der Waals surface area contributed by atoms with Crippen molar-refractivity contribution in [3.8, 4) is 23.0 Å². The highest BCUT2D eigenvalue weighted by molar-refractivity contribution is 7.99. The second kappa shape index (κ2) is 25.7. The fraction of sp³-hybridized carbons (Fsp3) is 0.509. The van der Waals surface area contributed by atoms with E-state index in [1.165, 1.54) is 53.2 Å². The summed E-state index contributed by atoms with van der Waals surface area (Å²) in [6.07, 6.45) is 4.89. The number of nitrogens with one attached hydrogen (secondary N) is 2. The SMILES string of the molecule is CO[C@H]1C=CO[C@@]2(C)Oc3c(C)c(O)c4c(O)c(c(SCCNC(=O)CCCc5ccc(N(CCCl)CCCl)cc5)c(O)c4c3C2=O)NC(=O)/C(C)=C\C=C/[C@H](C)[C@H](O)[C@@H](C)[C@@H](O)[C@@H](C)[C@H](OC(C)=O)[C@@H]1C. The lowest BCUT2D eigenvalue weighted by Gasteiger charge is -2.38. The number of amides is 2. The Balaban J connectivity index is 1.49. The third-order valence-electron chi connectivity index (χ3n) is 13.5. The maximum atomic E-state index is 14.6. The van der Waals surface area contributed by atoms with E-state index in [1.807, 2.05) is 24.3 Å².